The standard InChI is InChI=1S/C19H11ClN2O3/c20-16-3-1-2-14(10-16)19-9-8-18(25-19)11-15(12-21)13-4-6-17(7-5-13)22(23)24/h1-11H/b15-11+. The minimum Gasteiger partial charge on any atom is -0.457 e. The number of nitrogens with zero attached hydrogens (tertiary/aromatic N) is 2. The Morgan fingerprint density at radius 1 is 1.16 bits per heavy atom. The smallest absolute Gasteiger partial charge is 0.269 e. The molecular formula is C19H11ClN2O3. The van der Waals surface area contributed by atoms with Gasteiger partial charge in [-0.15, -0.1) is 0 Å². The highest BCUT2D eigenvalue weighted by Crippen LogP contribution is 2.27. The van der Waals surface area contributed by atoms with Crippen LogP contribution in [0.1, 0.15) is 11.3 Å². The topological polar surface area (TPSA) is 80.1 Å². The Morgan fingerprint density at radius 2 is 1.92 bits per heavy atom. The van der Waals surface area contributed by atoms with Gasteiger partial charge in [0.05, 0.1) is 16.6 Å². The lowest BCUT2D eigenvalue weighted by Crippen LogP contribution is -1.88. The van der Waals surface area contributed by atoms with Gasteiger partial charge in [0.15, 0.2) is 0 Å². The molecule has 0 amide bonds. The predicted octanol–water partition coefficient (Wildman–Crippen LogP) is 5.57. The summed E-state index contributed by atoms with van der Waals surface area (Å²) in [6, 6.07) is 18.7. The summed E-state index contributed by atoms with van der Waals surface area (Å²) in [5.74, 6) is 1.14. The van der Waals surface area contributed by atoms with E-state index in [0.717, 1.165) is 5.56 Å². The first-order valence-electron chi connectivity index (χ1n) is 7.29. The molecule has 0 saturated carbocycles. The molecule has 0 bridgehead atoms. The molecule has 0 aliphatic carbocycles. The van der Waals surface area contributed by atoms with Crippen LogP contribution >= 0.6 is 11.6 Å². The second kappa shape index (κ2) is 7.04. The van der Waals surface area contributed by atoms with Crippen molar-refractivity contribution in [2.45, 2.75) is 0 Å². The monoisotopic (exact) mass is 350 g/mol. The first-order chi connectivity index (χ1) is 12.1. The molecule has 2 aromatic carbocycles. The Balaban J connectivity index is 1.90. The second-order valence-corrected chi connectivity index (χ2v) is 5.62. The zero-order valence-corrected chi connectivity index (χ0v) is 13.6. The average molecular weight is 351 g/mol. The van der Waals surface area contributed by atoms with Crippen LogP contribution in [0.3, 0.4) is 0 Å². The summed E-state index contributed by atoms with van der Waals surface area (Å²) in [5.41, 5.74) is 1.74. The fourth-order valence-corrected chi connectivity index (χ4v) is 2.50. The SMILES string of the molecule is N#C/C(=C\c1ccc(-c2cccc(Cl)c2)o1)c1ccc([N+](=O)[O-])cc1. The van der Waals surface area contributed by atoms with E-state index >= 15 is 0 Å². The van der Waals surface area contributed by atoms with Gasteiger partial charge in [-0.05, 0) is 48.0 Å². The minimum absolute atomic E-state index is 0.0257. The molecule has 1 heterocycles. The van der Waals surface area contributed by atoms with E-state index in [1.165, 1.54) is 24.3 Å². The number of furan rings is 1. The van der Waals surface area contributed by atoms with Crippen LogP contribution < -0.4 is 0 Å². The van der Waals surface area contributed by atoms with E-state index in [9.17, 15) is 15.4 Å². The highest BCUT2D eigenvalue weighted by molar-refractivity contribution is 6.30. The third-order valence-corrected chi connectivity index (χ3v) is 3.77. The van der Waals surface area contributed by atoms with Crippen molar-refractivity contribution in [2.75, 3.05) is 0 Å². The van der Waals surface area contributed by atoms with Gasteiger partial charge in [0, 0.05) is 22.7 Å². The molecule has 0 aliphatic heterocycles. The molecule has 0 unspecified atom stereocenters. The van der Waals surface area contributed by atoms with Gasteiger partial charge < -0.3 is 4.42 Å². The molecule has 0 spiro atoms. The number of nitriles is 1. The normalized spacial score (nSPS) is 11.1. The molecule has 0 saturated heterocycles. The first kappa shape index (κ1) is 16.5. The van der Waals surface area contributed by atoms with Crippen molar-refractivity contribution < 1.29 is 9.34 Å². The Kier molecular flexibility index (Phi) is 4.64. The Bertz CT molecular complexity index is 998. The largest absolute Gasteiger partial charge is 0.457 e. The van der Waals surface area contributed by atoms with Crippen molar-refractivity contribution in [3.05, 3.63) is 87.1 Å². The third kappa shape index (κ3) is 3.77. The Morgan fingerprint density at radius 3 is 2.56 bits per heavy atom. The number of nitro benzene ring substituents is 1. The van der Waals surface area contributed by atoms with Crippen LogP contribution in [0, 0.1) is 21.4 Å². The predicted molar refractivity (Wildman–Crippen MR) is 95.7 cm³/mol. The van der Waals surface area contributed by atoms with Crippen LogP contribution in [0.4, 0.5) is 5.69 Å². The summed E-state index contributed by atoms with van der Waals surface area (Å²) in [6.07, 6.45) is 1.59. The van der Waals surface area contributed by atoms with Gasteiger partial charge in [-0.2, -0.15) is 5.26 Å². The molecule has 0 radical (unpaired) electrons. The molecule has 6 heteroatoms. The number of halogens is 1. The average Bonchev–Trinajstić information content (AvgIpc) is 3.08. The van der Waals surface area contributed by atoms with Crippen LogP contribution in [-0.4, -0.2) is 4.92 Å². The van der Waals surface area contributed by atoms with Gasteiger partial charge in [0.1, 0.15) is 11.5 Å². The lowest BCUT2D eigenvalue weighted by Gasteiger charge is -1.99. The van der Waals surface area contributed by atoms with Gasteiger partial charge in [0.25, 0.3) is 5.69 Å². The number of rotatable bonds is 4. The lowest BCUT2D eigenvalue weighted by atomic mass is 10.1. The number of hydrogen-bond donors (Lipinski definition) is 0. The summed E-state index contributed by atoms with van der Waals surface area (Å²) in [5, 5.41) is 20.7. The fraction of sp³-hybridized carbons (Fsp3) is 0. The highest BCUT2D eigenvalue weighted by Gasteiger charge is 2.09. The molecule has 5 nitrogen and oxygen atoms in total. The number of hydrogen-bond acceptors (Lipinski definition) is 4. The van der Waals surface area contributed by atoms with Crippen LogP contribution in [0.2, 0.25) is 5.02 Å². The van der Waals surface area contributed by atoms with Gasteiger partial charge >= 0.3 is 0 Å². The zero-order valence-electron chi connectivity index (χ0n) is 12.8. The van der Waals surface area contributed by atoms with Crippen molar-refractivity contribution in [2.24, 2.45) is 0 Å². The molecule has 3 aromatic rings. The molecule has 1 aromatic heterocycles. The van der Waals surface area contributed by atoms with E-state index in [2.05, 4.69) is 6.07 Å². The van der Waals surface area contributed by atoms with Crippen LogP contribution in [0.15, 0.2) is 65.1 Å². The lowest BCUT2D eigenvalue weighted by molar-refractivity contribution is -0.384. The van der Waals surface area contributed by atoms with Gasteiger partial charge in [-0.25, -0.2) is 0 Å². The summed E-state index contributed by atoms with van der Waals surface area (Å²) in [4.78, 5) is 10.2. The van der Waals surface area contributed by atoms with E-state index in [1.54, 1.807) is 30.3 Å². The van der Waals surface area contributed by atoms with E-state index < -0.39 is 4.92 Å². The quantitative estimate of drug-likeness (QED) is 0.350. The molecule has 0 N–H and O–H groups in total. The Hall–Kier alpha value is -3.36. The van der Waals surface area contributed by atoms with Crippen molar-refractivity contribution >= 4 is 28.9 Å². The summed E-state index contributed by atoms with van der Waals surface area (Å²) < 4.78 is 5.75. The van der Waals surface area contributed by atoms with E-state index in [4.69, 9.17) is 16.0 Å². The maximum absolute atomic E-state index is 10.7. The number of benzene rings is 2. The molecule has 0 atom stereocenters. The summed E-state index contributed by atoms with van der Waals surface area (Å²) >= 11 is 5.98. The number of allylic oxidation sites excluding steroid dienone is 1. The van der Waals surface area contributed by atoms with E-state index in [1.807, 2.05) is 12.1 Å². The van der Waals surface area contributed by atoms with Crippen LogP contribution in [0.25, 0.3) is 23.0 Å². The highest BCUT2D eigenvalue weighted by atomic mass is 35.5. The first-order valence-corrected chi connectivity index (χ1v) is 7.67. The van der Waals surface area contributed by atoms with Crippen molar-refractivity contribution in [1.82, 2.24) is 0 Å². The zero-order chi connectivity index (χ0) is 17.8. The molecule has 25 heavy (non-hydrogen) atoms. The molecule has 0 aliphatic rings. The van der Waals surface area contributed by atoms with Gasteiger partial charge in [0.2, 0.25) is 0 Å². The van der Waals surface area contributed by atoms with Crippen LogP contribution in [-0.2, 0) is 0 Å². The Labute approximate surface area is 148 Å². The molecule has 0 fully saturated rings. The third-order valence-electron chi connectivity index (χ3n) is 3.53. The molecule has 3 rings (SSSR count). The fourth-order valence-electron chi connectivity index (χ4n) is 2.31. The number of non-ortho nitro benzene ring substituents is 1. The van der Waals surface area contributed by atoms with E-state index in [-0.39, 0.29) is 5.69 Å². The van der Waals surface area contributed by atoms with Crippen molar-refractivity contribution in [3.63, 3.8) is 0 Å². The van der Waals surface area contributed by atoms with Crippen LogP contribution in [0.5, 0.6) is 0 Å². The maximum atomic E-state index is 10.7. The minimum atomic E-state index is -0.483. The van der Waals surface area contributed by atoms with E-state index in [0.29, 0.717) is 27.7 Å². The summed E-state index contributed by atoms with van der Waals surface area (Å²) in [7, 11) is 0. The maximum Gasteiger partial charge on any atom is 0.269 e. The van der Waals surface area contributed by atoms with Crippen molar-refractivity contribution in [3.8, 4) is 17.4 Å². The van der Waals surface area contributed by atoms with Gasteiger partial charge in [-0.1, -0.05) is 23.7 Å². The second-order valence-electron chi connectivity index (χ2n) is 5.19. The number of nitro groups is 1. The summed E-state index contributed by atoms with van der Waals surface area (Å²) in [6.45, 7) is 0. The van der Waals surface area contributed by atoms with Crippen molar-refractivity contribution in [1.29, 1.82) is 5.26 Å². The molecule has 122 valence electrons. The molecular weight excluding hydrogens is 340 g/mol. The van der Waals surface area contributed by atoms with Gasteiger partial charge in [-0.3, -0.25) is 10.1 Å².